The summed E-state index contributed by atoms with van der Waals surface area (Å²) in [5, 5.41) is 2.06. The predicted molar refractivity (Wildman–Crippen MR) is 85.4 cm³/mol. The standard InChI is InChI=1S/C14H23N3O2S2/c15-9-11-3-2-7-17(10-11)21(18,19)16-13-4-1-5-14-12(13)6-8-20-14/h6,8,11,13,16H,1-5,7,9-10,15H2. The van der Waals surface area contributed by atoms with Crippen LogP contribution in [-0.4, -0.2) is 32.4 Å². The van der Waals surface area contributed by atoms with E-state index in [0.717, 1.165) is 32.1 Å². The minimum Gasteiger partial charge on any atom is -0.330 e. The third kappa shape index (κ3) is 3.32. The second-order valence-corrected chi connectivity index (χ2v) is 8.67. The van der Waals surface area contributed by atoms with Crippen LogP contribution in [0.5, 0.6) is 0 Å². The number of thiophene rings is 1. The molecule has 2 atom stereocenters. The van der Waals surface area contributed by atoms with Crippen molar-refractivity contribution < 1.29 is 8.42 Å². The lowest BCUT2D eigenvalue weighted by Gasteiger charge is -2.33. The molecule has 0 aromatic carbocycles. The fraction of sp³-hybridized carbons (Fsp3) is 0.714. The van der Waals surface area contributed by atoms with E-state index in [2.05, 4.69) is 16.2 Å². The van der Waals surface area contributed by atoms with Crippen molar-refractivity contribution in [2.75, 3.05) is 19.6 Å². The zero-order valence-corrected chi connectivity index (χ0v) is 13.8. The van der Waals surface area contributed by atoms with Crippen molar-refractivity contribution in [3.05, 3.63) is 21.9 Å². The fourth-order valence-electron chi connectivity index (χ4n) is 3.30. The SMILES string of the molecule is NCC1CCCN(S(=O)(=O)NC2CCCc3sccc32)C1. The summed E-state index contributed by atoms with van der Waals surface area (Å²) in [7, 11) is -3.41. The van der Waals surface area contributed by atoms with Gasteiger partial charge in [-0.05, 0) is 61.6 Å². The normalized spacial score (nSPS) is 27.5. The van der Waals surface area contributed by atoms with E-state index in [9.17, 15) is 8.42 Å². The zero-order chi connectivity index (χ0) is 14.9. The van der Waals surface area contributed by atoms with Gasteiger partial charge >= 0.3 is 0 Å². The molecule has 1 aliphatic carbocycles. The van der Waals surface area contributed by atoms with Crippen LogP contribution in [0.15, 0.2) is 11.4 Å². The fourth-order valence-corrected chi connectivity index (χ4v) is 5.82. The summed E-state index contributed by atoms with van der Waals surface area (Å²) in [6.45, 7) is 1.72. The van der Waals surface area contributed by atoms with E-state index < -0.39 is 10.2 Å². The summed E-state index contributed by atoms with van der Waals surface area (Å²) >= 11 is 1.73. The highest BCUT2D eigenvalue weighted by atomic mass is 32.2. The topological polar surface area (TPSA) is 75.4 Å². The van der Waals surface area contributed by atoms with Gasteiger partial charge in [-0.3, -0.25) is 0 Å². The van der Waals surface area contributed by atoms with E-state index in [1.165, 1.54) is 10.4 Å². The Hall–Kier alpha value is -0.470. The molecule has 2 heterocycles. The highest BCUT2D eigenvalue weighted by Crippen LogP contribution is 2.34. The molecule has 21 heavy (non-hydrogen) atoms. The van der Waals surface area contributed by atoms with Gasteiger partial charge in [0.25, 0.3) is 10.2 Å². The van der Waals surface area contributed by atoms with Gasteiger partial charge in [-0.1, -0.05) is 0 Å². The maximum atomic E-state index is 12.6. The number of nitrogens with one attached hydrogen (secondary N) is 1. The van der Waals surface area contributed by atoms with Crippen LogP contribution in [0, 0.1) is 5.92 Å². The lowest BCUT2D eigenvalue weighted by atomic mass is 9.95. The molecule has 0 spiro atoms. The summed E-state index contributed by atoms with van der Waals surface area (Å²) in [5.41, 5.74) is 6.87. The molecule has 1 aliphatic heterocycles. The Morgan fingerprint density at radius 1 is 1.38 bits per heavy atom. The molecular formula is C14H23N3O2S2. The second kappa shape index (κ2) is 6.34. The van der Waals surface area contributed by atoms with E-state index in [1.807, 2.05) is 0 Å². The average Bonchev–Trinajstić information content (AvgIpc) is 2.97. The largest absolute Gasteiger partial charge is 0.330 e. The quantitative estimate of drug-likeness (QED) is 0.881. The number of aryl methyl sites for hydroxylation is 1. The highest BCUT2D eigenvalue weighted by molar-refractivity contribution is 7.87. The molecule has 0 bridgehead atoms. The average molecular weight is 329 g/mol. The van der Waals surface area contributed by atoms with Gasteiger partial charge in [-0.15, -0.1) is 11.3 Å². The van der Waals surface area contributed by atoms with Crippen LogP contribution < -0.4 is 10.5 Å². The molecule has 1 fully saturated rings. The van der Waals surface area contributed by atoms with Crippen LogP contribution in [0.25, 0.3) is 0 Å². The molecule has 0 amide bonds. The van der Waals surface area contributed by atoms with E-state index in [4.69, 9.17) is 5.73 Å². The van der Waals surface area contributed by atoms with E-state index in [1.54, 1.807) is 15.6 Å². The van der Waals surface area contributed by atoms with Crippen LogP contribution in [0.2, 0.25) is 0 Å². The predicted octanol–water partition coefficient (Wildman–Crippen LogP) is 1.63. The van der Waals surface area contributed by atoms with Crippen LogP contribution >= 0.6 is 11.3 Å². The summed E-state index contributed by atoms with van der Waals surface area (Å²) < 4.78 is 29.7. The number of nitrogens with two attached hydrogens (primary N) is 1. The molecule has 7 heteroatoms. The van der Waals surface area contributed by atoms with Gasteiger partial charge in [-0.2, -0.15) is 17.4 Å². The minimum atomic E-state index is -3.41. The number of nitrogens with zero attached hydrogens (tertiary/aromatic N) is 1. The Morgan fingerprint density at radius 3 is 3.05 bits per heavy atom. The van der Waals surface area contributed by atoms with E-state index in [0.29, 0.717) is 25.6 Å². The highest BCUT2D eigenvalue weighted by Gasteiger charge is 2.32. The molecule has 0 radical (unpaired) electrons. The van der Waals surface area contributed by atoms with Gasteiger partial charge in [-0.25, -0.2) is 0 Å². The van der Waals surface area contributed by atoms with E-state index >= 15 is 0 Å². The van der Waals surface area contributed by atoms with E-state index in [-0.39, 0.29) is 6.04 Å². The van der Waals surface area contributed by atoms with Crippen molar-refractivity contribution in [1.29, 1.82) is 0 Å². The third-order valence-electron chi connectivity index (χ3n) is 4.50. The number of rotatable bonds is 4. The Morgan fingerprint density at radius 2 is 2.24 bits per heavy atom. The van der Waals surface area contributed by atoms with Crippen LogP contribution in [0.3, 0.4) is 0 Å². The van der Waals surface area contributed by atoms with Crippen LogP contribution in [0.4, 0.5) is 0 Å². The second-order valence-electron chi connectivity index (χ2n) is 5.97. The molecule has 118 valence electrons. The molecule has 3 rings (SSSR count). The van der Waals surface area contributed by atoms with Crippen molar-refractivity contribution in [1.82, 2.24) is 9.03 Å². The smallest absolute Gasteiger partial charge is 0.280 e. The van der Waals surface area contributed by atoms with Crippen LogP contribution in [-0.2, 0) is 16.6 Å². The first-order valence-electron chi connectivity index (χ1n) is 7.64. The van der Waals surface area contributed by atoms with Gasteiger partial charge in [0, 0.05) is 24.0 Å². The van der Waals surface area contributed by atoms with Crippen molar-refractivity contribution >= 4 is 21.5 Å². The Labute approximate surface area is 130 Å². The van der Waals surface area contributed by atoms with Gasteiger partial charge < -0.3 is 5.73 Å². The summed E-state index contributed by atoms with van der Waals surface area (Å²) in [6.07, 6.45) is 4.94. The van der Waals surface area contributed by atoms with Crippen molar-refractivity contribution in [2.45, 2.75) is 38.1 Å². The molecule has 2 aliphatic rings. The van der Waals surface area contributed by atoms with Gasteiger partial charge in [0.15, 0.2) is 0 Å². The minimum absolute atomic E-state index is 0.0664. The molecule has 1 aromatic heterocycles. The van der Waals surface area contributed by atoms with Crippen molar-refractivity contribution in [3.8, 4) is 0 Å². The molecule has 5 nitrogen and oxygen atoms in total. The number of hydrogen-bond acceptors (Lipinski definition) is 4. The maximum absolute atomic E-state index is 12.6. The number of hydrogen-bond donors (Lipinski definition) is 2. The molecular weight excluding hydrogens is 306 g/mol. The molecule has 2 unspecified atom stereocenters. The lowest BCUT2D eigenvalue weighted by Crippen LogP contribution is -2.48. The molecule has 0 saturated carbocycles. The number of piperidine rings is 1. The monoisotopic (exact) mass is 329 g/mol. The third-order valence-corrected chi connectivity index (χ3v) is 7.09. The Bertz CT molecular complexity index is 585. The van der Waals surface area contributed by atoms with Crippen molar-refractivity contribution in [2.24, 2.45) is 11.7 Å². The Kier molecular flexibility index (Phi) is 4.66. The first-order valence-corrected chi connectivity index (χ1v) is 9.96. The molecule has 1 saturated heterocycles. The van der Waals surface area contributed by atoms with Crippen molar-refractivity contribution in [3.63, 3.8) is 0 Å². The lowest BCUT2D eigenvalue weighted by molar-refractivity contribution is 0.266. The maximum Gasteiger partial charge on any atom is 0.280 e. The zero-order valence-electron chi connectivity index (χ0n) is 12.1. The molecule has 1 aromatic rings. The van der Waals surface area contributed by atoms with Gasteiger partial charge in [0.05, 0.1) is 0 Å². The van der Waals surface area contributed by atoms with Crippen LogP contribution in [0.1, 0.15) is 42.2 Å². The number of fused-ring (bicyclic) bond motifs is 1. The summed E-state index contributed by atoms with van der Waals surface area (Å²) in [4.78, 5) is 1.33. The first-order chi connectivity index (χ1) is 10.1. The Balaban J connectivity index is 1.72. The van der Waals surface area contributed by atoms with Gasteiger partial charge in [0.2, 0.25) is 0 Å². The summed E-state index contributed by atoms with van der Waals surface area (Å²) in [5.74, 6) is 0.290. The first kappa shape index (κ1) is 15.4. The summed E-state index contributed by atoms with van der Waals surface area (Å²) in [6, 6.07) is 1.99. The van der Waals surface area contributed by atoms with Gasteiger partial charge in [0.1, 0.15) is 0 Å². The molecule has 3 N–H and O–H groups in total.